The van der Waals surface area contributed by atoms with Gasteiger partial charge in [0.05, 0.1) is 12.5 Å². The zero-order valence-electron chi connectivity index (χ0n) is 14.3. The highest BCUT2D eigenvalue weighted by molar-refractivity contribution is 14.0. The summed E-state index contributed by atoms with van der Waals surface area (Å²) in [5.41, 5.74) is 1.31. The summed E-state index contributed by atoms with van der Waals surface area (Å²) in [6, 6.07) is 2.13. The number of aliphatic imine (C=N–C) groups is 1. The first-order valence-electron chi connectivity index (χ1n) is 7.76. The van der Waals surface area contributed by atoms with Crippen LogP contribution >= 0.6 is 35.3 Å². The van der Waals surface area contributed by atoms with Crippen molar-refractivity contribution in [1.82, 2.24) is 10.6 Å². The second-order valence-electron chi connectivity index (χ2n) is 5.39. The molecule has 0 spiro atoms. The second-order valence-corrected chi connectivity index (χ2v) is 6.17. The molecule has 132 valence electrons. The number of carbonyl (C=O) groups is 1. The summed E-state index contributed by atoms with van der Waals surface area (Å²) in [4.78, 5) is 16.1. The van der Waals surface area contributed by atoms with Crippen LogP contribution in [0.3, 0.4) is 0 Å². The number of rotatable bonds is 8. The van der Waals surface area contributed by atoms with Crippen LogP contribution < -0.4 is 10.6 Å². The van der Waals surface area contributed by atoms with Gasteiger partial charge in [-0.25, -0.2) is 0 Å². The summed E-state index contributed by atoms with van der Waals surface area (Å²) in [5, 5.41) is 10.6. The molecule has 0 aromatic carbocycles. The highest BCUT2D eigenvalue weighted by Crippen LogP contribution is 2.18. The van der Waals surface area contributed by atoms with Crippen molar-refractivity contribution >= 4 is 47.2 Å². The van der Waals surface area contributed by atoms with Gasteiger partial charge in [0.25, 0.3) is 0 Å². The van der Waals surface area contributed by atoms with Gasteiger partial charge in [-0.2, -0.15) is 11.3 Å². The number of esters is 1. The number of hydrogen-bond acceptors (Lipinski definition) is 4. The van der Waals surface area contributed by atoms with Gasteiger partial charge in [-0.15, -0.1) is 24.0 Å². The Kier molecular flexibility index (Phi) is 12.1. The van der Waals surface area contributed by atoms with Gasteiger partial charge >= 0.3 is 5.97 Å². The first kappa shape index (κ1) is 22.2. The van der Waals surface area contributed by atoms with E-state index in [4.69, 9.17) is 4.74 Å². The molecule has 0 amide bonds. The van der Waals surface area contributed by atoms with Crippen LogP contribution in [0, 0.1) is 0 Å². The largest absolute Gasteiger partial charge is 0.463 e. The number of halogens is 1. The SMILES string of the molecule is CCNC(=NCC(C)c1ccsc1)NCCC(=O)OC(C)C.I. The van der Waals surface area contributed by atoms with Gasteiger partial charge < -0.3 is 15.4 Å². The molecule has 0 bridgehead atoms. The fourth-order valence-corrected chi connectivity index (χ4v) is 2.62. The van der Waals surface area contributed by atoms with Crippen molar-refractivity contribution in [3.63, 3.8) is 0 Å². The van der Waals surface area contributed by atoms with Crippen LogP contribution in [-0.2, 0) is 9.53 Å². The van der Waals surface area contributed by atoms with Crippen molar-refractivity contribution in [1.29, 1.82) is 0 Å². The minimum atomic E-state index is -0.190. The van der Waals surface area contributed by atoms with Crippen molar-refractivity contribution in [2.24, 2.45) is 4.99 Å². The topological polar surface area (TPSA) is 62.7 Å². The Bertz CT molecular complexity index is 464. The summed E-state index contributed by atoms with van der Waals surface area (Å²) in [5.74, 6) is 0.930. The quantitative estimate of drug-likeness (QED) is 0.274. The van der Waals surface area contributed by atoms with E-state index in [0.29, 0.717) is 25.4 Å². The summed E-state index contributed by atoms with van der Waals surface area (Å²) < 4.78 is 5.10. The number of carbonyl (C=O) groups excluding carboxylic acids is 1. The van der Waals surface area contributed by atoms with Crippen molar-refractivity contribution in [3.8, 4) is 0 Å². The Balaban J connectivity index is 0.00000484. The van der Waals surface area contributed by atoms with Crippen LogP contribution in [0.1, 0.15) is 45.6 Å². The highest BCUT2D eigenvalue weighted by atomic mass is 127. The van der Waals surface area contributed by atoms with E-state index in [-0.39, 0.29) is 36.0 Å². The van der Waals surface area contributed by atoms with E-state index >= 15 is 0 Å². The normalized spacial score (nSPS) is 12.5. The van der Waals surface area contributed by atoms with Crippen molar-refractivity contribution in [2.75, 3.05) is 19.6 Å². The zero-order chi connectivity index (χ0) is 16.4. The van der Waals surface area contributed by atoms with Gasteiger partial charge in [0.1, 0.15) is 0 Å². The molecule has 23 heavy (non-hydrogen) atoms. The van der Waals surface area contributed by atoms with Crippen molar-refractivity contribution in [3.05, 3.63) is 22.4 Å². The van der Waals surface area contributed by atoms with Crippen LogP contribution in [-0.4, -0.2) is 37.7 Å². The second kappa shape index (κ2) is 12.6. The Labute approximate surface area is 160 Å². The molecule has 1 heterocycles. The Morgan fingerprint density at radius 1 is 1.35 bits per heavy atom. The maximum Gasteiger partial charge on any atom is 0.307 e. The van der Waals surface area contributed by atoms with Gasteiger partial charge in [-0.1, -0.05) is 6.92 Å². The number of nitrogens with one attached hydrogen (secondary N) is 2. The van der Waals surface area contributed by atoms with Gasteiger partial charge in [0.2, 0.25) is 0 Å². The molecule has 0 aliphatic heterocycles. The monoisotopic (exact) mass is 453 g/mol. The predicted molar refractivity (Wildman–Crippen MR) is 108 cm³/mol. The highest BCUT2D eigenvalue weighted by Gasteiger charge is 2.08. The fraction of sp³-hybridized carbons (Fsp3) is 0.625. The molecule has 1 aromatic heterocycles. The smallest absolute Gasteiger partial charge is 0.307 e. The molecule has 7 heteroatoms. The van der Waals surface area contributed by atoms with E-state index < -0.39 is 0 Å². The summed E-state index contributed by atoms with van der Waals surface area (Å²) in [6.45, 7) is 9.90. The Hall–Kier alpha value is -0.830. The minimum Gasteiger partial charge on any atom is -0.463 e. The molecule has 0 radical (unpaired) electrons. The average molecular weight is 453 g/mol. The molecule has 0 aliphatic carbocycles. The molecule has 0 saturated carbocycles. The first-order valence-corrected chi connectivity index (χ1v) is 8.71. The molecule has 1 unspecified atom stereocenters. The van der Waals surface area contributed by atoms with Crippen LogP contribution in [0.2, 0.25) is 0 Å². The van der Waals surface area contributed by atoms with Gasteiger partial charge in [0, 0.05) is 25.6 Å². The zero-order valence-corrected chi connectivity index (χ0v) is 17.4. The van der Waals surface area contributed by atoms with E-state index in [1.807, 2.05) is 20.8 Å². The maximum atomic E-state index is 11.5. The lowest BCUT2D eigenvalue weighted by atomic mass is 10.1. The molecule has 1 atom stereocenters. The van der Waals surface area contributed by atoms with E-state index in [0.717, 1.165) is 12.5 Å². The van der Waals surface area contributed by atoms with Crippen LogP contribution in [0.15, 0.2) is 21.8 Å². The van der Waals surface area contributed by atoms with Gasteiger partial charge in [-0.3, -0.25) is 9.79 Å². The number of thiophene rings is 1. The van der Waals surface area contributed by atoms with Gasteiger partial charge in [-0.05, 0) is 43.2 Å². The van der Waals surface area contributed by atoms with Crippen LogP contribution in [0.5, 0.6) is 0 Å². The first-order chi connectivity index (χ1) is 10.5. The van der Waals surface area contributed by atoms with Crippen molar-refractivity contribution in [2.45, 2.75) is 46.1 Å². The minimum absolute atomic E-state index is 0. The third-order valence-corrected chi connectivity index (χ3v) is 3.67. The lowest BCUT2D eigenvalue weighted by Crippen LogP contribution is -2.38. The fourth-order valence-electron chi connectivity index (χ4n) is 1.84. The van der Waals surface area contributed by atoms with Gasteiger partial charge in [0.15, 0.2) is 5.96 Å². The number of guanidine groups is 1. The summed E-state index contributed by atoms with van der Waals surface area (Å²) in [6.07, 6.45) is 0.267. The molecular formula is C16H28IN3O2S. The standard InChI is InChI=1S/C16H27N3O2S.HI/c1-5-17-16(18-8-6-15(20)21-12(2)3)19-10-13(4)14-7-9-22-11-14;/h7,9,11-13H,5-6,8,10H2,1-4H3,(H2,17,18,19);1H. The Morgan fingerprint density at radius 3 is 2.65 bits per heavy atom. The number of hydrogen-bond donors (Lipinski definition) is 2. The molecule has 1 aromatic rings. The number of ether oxygens (including phenoxy) is 1. The summed E-state index contributed by atoms with van der Waals surface area (Å²) >= 11 is 1.70. The Morgan fingerprint density at radius 2 is 2.09 bits per heavy atom. The van der Waals surface area contributed by atoms with E-state index in [2.05, 4.69) is 39.4 Å². The van der Waals surface area contributed by atoms with E-state index in [1.54, 1.807) is 11.3 Å². The third-order valence-electron chi connectivity index (χ3n) is 2.97. The lowest BCUT2D eigenvalue weighted by Gasteiger charge is -2.13. The third kappa shape index (κ3) is 9.80. The summed E-state index contributed by atoms with van der Waals surface area (Å²) in [7, 11) is 0. The van der Waals surface area contributed by atoms with E-state index in [1.165, 1.54) is 5.56 Å². The molecule has 5 nitrogen and oxygen atoms in total. The number of nitrogens with zero attached hydrogens (tertiary/aromatic N) is 1. The predicted octanol–water partition coefficient (Wildman–Crippen LogP) is 3.37. The molecule has 2 N–H and O–H groups in total. The lowest BCUT2D eigenvalue weighted by molar-refractivity contribution is -0.147. The molecule has 1 rings (SSSR count). The maximum absolute atomic E-state index is 11.5. The van der Waals surface area contributed by atoms with Crippen LogP contribution in [0.4, 0.5) is 0 Å². The molecule has 0 fully saturated rings. The molecule has 0 saturated heterocycles. The van der Waals surface area contributed by atoms with Crippen LogP contribution in [0.25, 0.3) is 0 Å². The molecular weight excluding hydrogens is 425 g/mol. The van der Waals surface area contributed by atoms with E-state index in [9.17, 15) is 4.79 Å². The molecule has 0 aliphatic rings. The average Bonchev–Trinajstić information content (AvgIpc) is 2.97. The van der Waals surface area contributed by atoms with Crippen molar-refractivity contribution < 1.29 is 9.53 Å².